The monoisotopic (exact) mass is 790 g/mol. The molecular weight excluding hydrogens is 756 g/mol. The SMILES string of the molecule is CCCCC(CC)CNCCN.O=S(=O)(CC(F)(F)F)NS(=O)(=O)CC(F)(F)F.O=S(=O)(CC(F)(F)F)NS(=O)(=O)CC(F)(F)F. The van der Waals surface area contributed by atoms with Gasteiger partial charge in [-0.25, -0.2) is 33.7 Å². The minimum Gasteiger partial charge on any atom is -0.329 e. The molecule has 28 heteroatoms. The minimum absolute atomic E-state index is 0.350. The van der Waals surface area contributed by atoms with Crippen LogP contribution < -0.4 is 19.3 Å². The molecule has 5 N–H and O–H groups in total. The number of sulfonamides is 4. The van der Waals surface area contributed by atoms with Crippen molar-refractivity contribution in [3.05, 3.63) is 0 Å². The van der Waals surface area contributed by atoms with E-state index in [2.05, 4.69) is 19.2 Å². The third-order valence-electron chi connectivity index (χ3n) is 4.22. The number of hydrogen-bond acceptors (Lipinski definition) is 10. The fourth-order valence-electron chi connectivity index (χ4n) is 2.72. The van der Waals surface area contributed by atoms with E-state index >= 15 is 0 Å². The van der Waals surface area contributed by atoms with Gasteiger partial charge in [0.15, 0.2) is 23.0 Å². The van der Waals surface area contributed by atoms with Gasteiger partial charge in [0.05, 0.1) is 0 Å². The lowest BCUT2D eigenvalue weighted by molar-refractivity contribution is -0.108. The van der Waals surface area contributed by atoms with E-state index in [1.54, 1.807) is 0 Å². The standard InChI is InChI=1S/C10H24N2.2C4H5F6NO4S2/c1-3-5-6-10(4-2)9-12-8-7-11;2*5-3(6,7)1-16(12,13)11-17(14,15)2-4(8,9)10/h10,12H,3-9,11H2,1-2H3;2*11H,1-2H2. The smallest absolute Gasteiger partial charge is 0.329 e. The Morgan fingerprint density at radius 3 is 1.04 bits per heavy atom. The molecule has 0 rings (SSSR count). The maximum Gasteiger partial charge on any atom is 0.404 e. The number of nitrogens with two attached hydrogens (primary N) is 1. The molecule has 0 bridgehead atoms. The van der Waals surface area contributed by atoms with Crippen molar-refractivity contribution >= 4 is 40.1 Å². The normalized spacial score (nSPS) is 14.5. The molecule has 0 fully saturated rings. The molecule has 0 aliphatic rings. The molecule has 46 heavy (non-hydrogen) atoms. The van der Waals surface area contributed by atoms with Crippen LogP contribution in [0.5, 0.6) is 0 Å². The summed E-state index contributed by atoms with van der Waals surface area (Å²) >= 11 is 0. The Bertz CT molecular complexity index is 1120. The van der Waals surface area contributed by atoms with E-state index in [4.69, 9.17) is 5.73 Å². The van der Waals surface area contributed by atoms with E-state index in [1.807, 2.05) is 0 Å². The van der Waals surface area contributed by atoms with Gasteiger partial charge in [-0.15, -0.1) is 8.25 Å². The average Bonchev–Trinajstić information content (AvgIpc) is 2.68. The van der Waals surface area contributed by atoms with Crippen molar-refractivity contribution in [3.8, 4) is 0 Å². The second-order valence-electron chi connectivity index (χ2n) is 9.07. The Hall–Kier alpha value is -1.20. The first kappa shape index (κ1) is 49.2. The summed E-state index contributed by atoms with van der Waals surface area (Å²) in [5, 5.41) is 3.37. The van der Waals surface area contributed by atoms with Crippen LogP contribution in [0.15, 0.2) is 0 Å². The van der Waals surface area contributed by atoms with Crippen LogP contribution in [0.1, 0.15) is 39.5 Å². The summed E-state index contributed by atoms with van der Waals surface area (Å²) in [6.07, 6.45) is -15.7. The molecule has 1 atom stereocenters. The second kappa shape index (κ2) is 19.7. The first-order chi connectivity index (χ1) is 20.1. The van der Waals surface area contributed by atoms with Gasteiger partial charge in [0.1, 0.15) is 0 Å². The van der Waals surface area contributed by atoms with Gasteiger partial charge in [-0.3, -0.25) is 0 Å². The Labute approximate surface area is 258 Å². The van der Waals surface area contributed by atoms with Gasteiger partial charge < -0.3 is 11.1 Å². The van der Waals surface area contributed by atoms with Gasteiger partial charge in [0, 0.05) is 13.1 Å². The second-order valence-corrected chi connectivity index (χ2v) is 16.5. The van der Waals surface area contributed by atoms with Crippen molar-refractivity contribution in [1.82, 2.24) is 13.6 Å². The van der Waals surface area contributed by atoms with Crippen LogP contribution in [0, 0.1) is 5.92 Å². The largest absolute Gasteiger partial charge is 0.404 e. The molecule has 0 aromatic rings. The number of alkyl halides is 12. The molecule has 0 aliphatic heterocycles. The highest BCUT2D eigenvalue weighted by Gasteiger charge is 2.42. The first-order valence-electron chi connectivity index (χ1n) is 12.2. The maximum atomic E-state index is 11.6. The van der Waals surface area contributed by atoms with Crippen molar-refractivity contribution in [1.29, 1.82) is 0 Å². The summed E-state index contributed by atoms with van der Waals surface area (Å²) in [6, 6.07) is 0. The van der Waals surface area contributed by atoms with Crippen LogP contribution >= 0.6 is 0 Å². The Morgan fingerprint density at radius 1 is 0.565 bits per heavy atom. The molecule has 0 radical (unpaired) electrons. The van der Waals surface area contributed by atoms with Crippen molar-refractivity contribution in [2.75, 3.05) is 42.6 Å². The van der Waals surface area contributed by atoms with E-state index < -0.39 is 87.8 Å². The Kier molecular flexibility index (Phi) is 21.1. The van der Waals surface area contributed by atoms with Crippen LogP contribution in [-0.4, -0.2) is 101 Å². The van der Waals surface area contributed by atoms with E-state index in [9.17, 15) is 86.4 Å². The van der Waals surface area contributed by atoms with E-state index in [0.717, 1.165) is 25.6 Å². The van der Waals surface area contributed by atoms with Crippen LogP contribution in [0.25, 0.3) is 0 Å². The quantitative estimate of drug-likeness (QED) is 0.133. The third-order valence-corrected chi connectivity index (χ3v) is 11.1. The average molecular weight is 791 g/mol. The van der Waals surface area contributed by atoms with Crippen LogP contribution in [0.2, 0.25) is 0 Å². The minimum atomic E-state index is -5.43. The highest BCUT2D eigenvalue weighted by molar-refractivity contribution is 8.05. The molecule has 0 aliphatic carbocycles. The molecule has 0 aromatic carbocycles. The van der Waals surface area contributed by atoms with Gasteiger partial charge >= 0.3 is 24.7 Å². The zero-order valence-electron chi connectivity index (χ0n) is 23.9. The van der Waals surface area contributed by atoms with E-state index in [-0.39, 0.29) is 0 Å². The number of rotatable bonds is 16. The Balaban J connectivity index is -0.000000614. The van der Waals surface area contributed by atoms with Crippen molar-refractivity contribution < 1.29 is 86.4 Å². The molecular formula is C18H34F12N4O8S4. The predicted molar refractivity (Wildman–Crippen MR) is 141 cm³/mol. The zero-order valence-corrected chi connectivity index (χ0v) is 27.1. The van der Waals surface area contributed by atoms with Gasteiger partial charge in [0.2, 0.25) is 40.1 Å². The van der Waals surface area contributed by atoms with Crippen LogP contribution in [0.3, 0.4) is 0 Å². The molecule has 12 nitrogen and oxygen atoms in total. The van der Waals surface area contributed by atoms with Crippen LogP contribution in [0.4, 0.5) is 52.7 Å². The molecule has 0 saturated heterocycles. The van der Waals surface area contributed by atoms with Crippen molar-refractivity contribution in [3.63, 3.8) is 0 Å². The van der Waals surface area contributed by atoms with Gasteiger partial charge in [-0.05, 0) is 18.9 Å². The summed E-state index contributed by atoms with van der Waals surface area (Å²) in [5.74, 6) is -9.49. The molecule has 0 amide bonds. The van der Waals surface area contributed by atoms with E-state index in [1.165, 1.54) is 25.7 Å². The molecule has 0 spiro atoms. The Morgan fingerprint density at radius 2 is 0.848 bits per heavy atom. The zero-order chi connectivity index (χ0) is 37.5. The fraction of sp³-hybridized carbons (Fsp3) is 1.00. The molecule has 282 valence electrons. The fourth-order valence-corrected chi connectivity index (χ4v) is 8.48. The summed E-state index contributed by atoms with van der Waals surface area (Å²) in [7, 11) is -21.7. The van der Waals surface area contributed by atoms with Gasteiger partial charge in [-0.2, -0.15) is 52.7 Å². The maximum absolute atomic E-state index is 11.6. The van der Waals surface area contributed by atoms with Gasteiger partial charge in [0.25, 0.3) is 0 Å². The first-order valence-corrected chi connectivity index (χ1v) is 18.8. The summed E-state index contributed by atoms with van der Waals surface area (Å²) in [6.45, 7) is 7.38. The molecule has 0 heterocycles. The number of nitrogens with one attached hydrogen (secondary N) is 3. The molecule has 1 unspecified atom stereocenters. The van der Waals surface area contributed by atoms with Crippen LogP contribution in [-0.2, 0) is 40.1 Å². The highest BCUT2D eigenvalue weighted by Crippen LogP contribution is 2.21. The summed E-state index contributed by atoms with van der Waals surface area (Å²) in [4.78, 5) is 0. The van der Waals surface area contributed by atoms with E-state index in [0.29, 0.717) is 8.25 Å². The topological polar surface area (TPSA) is 199 Å². The lowest BCUT2D eigenvalue weighted by atomic mass is 9.99. The summed E-state index contributed by atoms with van der Waals surface area (Å²) < 4.78 is 225. The predicted octanol–water partition coefficient (Wildman–Crippen LogP) is 2.47. The number of halogens is 12. The van der Waals surface area contributed by atoms with Crippen molar-refractivity contribution in [2.45, 2.75) is 64.2 Å². The van der Waals surface area contributed by atoms with Crippen molar-refractivity contribution in [2.24, 2.45) is 11.7 Å². The number of unbranched alkanes of at least 4 members (excludes halogenated alkanes) is 1. The highest BCUT2D eigenvalue weighted by atomic mass is 32.3. The van der Waals surface area contributed by atoms with Gasteiger partial charge in [-0.1, -0.05) is 33.1 Å². The lowest BCUT2D eigenvalue weighted by Crippen LogP contribution is -2.41. The third kappa shape index (κ3) is 35.7. The number of hydrogen-bond donors (Lipinski definition) is 4. The lowest BCUT2D eigenvalue weighted by Gasteiger charge is -2.14. The molecule has 0 aromatic heterocycles. The summed E-state index contributed by atoms with van der Waals surface area (Å²) in [5.41, 5.74) is 5.39. The molecule has 0 saturated carbocycles.